The number of hydrogen-bond acceptors (Lipinski definition) is 3. The molecule has 1 fully saturated rings. The van der Waals surface area contributed by atoms with Gasteiger partial charge in [0.25, 0.3) is 0 Å². The highest BCUT2D eigenvalue weighted by atomic mass is 16.5. The highest BCUT2D eigenvalue weighted by Gasteiger charge is 2.27. The number of hydrogen-bond donors (Lipinski definition) is 1. The molecule has 0 saturated carbocycles. The van der Waals surface area contributed by atoms with E-state index in [-0.39, 0.29) is 0 Å². The average molecular weight is 284 g/mol. The molecular formula is C17H36N2O. The molecule has 0 radical (unpaired) electrons. The number of rotatable bonds is 9. The van der Waals surface area contributed by atoms with Gasteiger partial charge in [0.15, 0.2) is 0 Å². The molecule has 0 aromatic heterocycles. The van der Waals surface area contributed by atoms with Gasteiger partial charge < -0.3 is 15.0 Å². The Labute approximate surface area is 126 Å². The molecule has 2 atom stereocenters. The minimum atomic E-state index is 0.419. The quantitative estimate of drug-likeness (QED) is 0.704. The monoisotopic (exact) mass is 284 g/mol. The lowest BCUT2D eigenvalue weighted by atomic mass is 10.1. The van der Waals surface area contributed by atoms with Gasteiger partial charge in [-0.25, -0.2) is 0 Å². The van der Waals surface area contributed by atoms with Crippen LogP contribution in [-0.4, -0.2) is 49.3 Å². The van der Waals surface area contributed by atoms with Gasteiger partial charge in [0.05, 0.1) is 12.2 Å². The summed E-state index contributed by atoms with van der Waals surface area (Å²) in [7, 11) is 0. The van der Waals surface area contributed by atoms with Gasteiger partial charge in [-0.15, -0.1) is 0 Å². The first-order valence-corrected chi connectivity index (χ1v) is 8.48. The molecule has 0 aromatic carbocycles. The van der Waals surface area contributed by atoms with Gasteiger partial charge in [0, 0.05) is 32.2 Å². The highest BCUT2D eigenvalue weighted by molar-refractivity contribution is 4.79. The van der Waals surface area contributed by atoms with Gasteiger partial charge in [0.2, 0.25) is 0 Å². The van der Waals surface area contributed by atoms with Crippen molar-refractivity contribution >= 4 is 0 Å². The Hall–Kier alpha value is -0.120. The lowest BCUT2D eigenvalue weighted by Gasteiger charge is -2.28. The van der Waals surface area contributed by atoms with Crippen molar-refractivity contribution in [3.8, 4) is 0 Å². The smallest absolute Gasteiger partial charge is 0.0707 e. The fourth-order valence-electron chi connectivity index (χ4n) is 2.98. The average Bonchev–Trinajstić information content (AvgIpc) is 2.72. The topological polar surface area (TPSA) is 24.5 Å². The van der Waals surface area contributed by atoms with E-state index in [1.165, 1.54) is 25.9 Å². The standard InChI is InChI=1S/C17H36N2O/c1-13(2)10-19(11-14(3)4)12-17-8-7-16(20-17)9-18-15(5)6/h13-18H,7-12H2,1-6H3. The van der Waals surface area contributed by atoms with Crippen LogP contribution < -0.4 is 5.32 Å². The molecule has 1 heterocycles. The first-order valence-electron chi connectivity index (χ1n) is 8.48. The number of nitrogens with zero attached hydrogens (tertiary/aromatic N) is 1. The number of nitrogens with one attached hydrogen (secondary N) is 1. The molecule has 3 heteroatoms. The van der Waals surface area contributed by atoms with Crippen molar-refractivity contribution in [2.45, 2.75) is 72.6 Å². The van der Waals surface area contributed by atoms with Gasteiger partial charge in [-0.1, -0.05) is 41.5 Å². The van der Waals surface area contributed by atoms with E-state index in [4.69, 9.17) is 4.74 Å². The van der Waals surface area contributed by atoms with Crippen molar-refractivity contribution in [3.05, 3.63) is 0 Å². The maximum Gasteiger partial charge on any atom is 0.0707 e. The Morgan fingerprint density at radius 1 is 0.950 bits per heavy atom. The minimum Gasteiger partial charge on any atom is -0.372 e. The molecule has 1 aliphatic rings. The minimum absolute atomic E-state index is 0.419. The zero-order valence-corrected chi connectivity index (χ0v) is 14.5. The lowest BCUT2D eigenvalue weighted by molar-refractivity contribution is 0.0184. The Morgan fingerprint density at radius 2 is 1.50 bits per heavy atom. The zero-order valence-electron chi connectivity index (χ0n) is 14.5. The van der Waals surface area contributed by atoms with Crippen molar-refractivity contribution in [1.82, 2.24) is 10.2 Å². The van der Waals surface area contributed by atoms with E-state index >= 15 is 0 Å². The molecule has 1 saturated heterocycles. The van der Waals surface area contributed by atoms with Gasteiger partial charge in [0.1, 0.15) is 0 Å². The fourth-order valence-corrected chi connectivity index (χ4v) is 2.98. The molecule has 0 aliphatic carbocycles. The molecule has 2 unspecified atom stereocenters. The molecule has 1 rings (SSSR count). The second-order valence-electron chi connectivity index (χ2n) is 7.53. The summed E-state index contributed by atoms with van der Waals surface area (Å²) < 4.78 is 6.20. The Bertz CT molecular complexity index is 243. The van der Waals surface area contributed by atoms with Crippen LogP contribution in [-0.2, 0) is 4.74 Å². The Kier molecular flexibility index (Phi) is 8.08. The van der Waals surface area contributed by atoms with Crippen LogP contribution in [0.2, 0.25) is 0 Å². The van der Waals surface area contributed by atoms with Crippen LogP contribution in [0.4, 0.5) is 0 Å². The first kappa shape index (κ1) is 17.9. The van der Waals surface area contributed by atoms with E-state index in [9.17, 15) is 0 Å². The molecule has 1 aliphatic heterocycles. The third kappa shape index (κ3) is 7.61. The molecule has 0 bridgehead atoms. The van der Waals surface area contributed by atoms with Crippen LogP contribution in [0.25, 0.3) is 0 Å². The normalized spacial score (nSPS) is 23.7. The maximum atomic E-state index is 6.20. The summed E-state index contributed by atoms with van der Waals surface area (Å²) in [6, 6.07) is 0.552. The van der Waals surface area contributed by atoms with E-state index in [0.29, 0.717) is 18.2 Å². The Balaban J connectivity index is 2.34. The zero-order chi connectivity index (χ0) is 15.1. The van der Waals surface area contributed by atoms with Crippen LogP contribution >= 0.6 is 0 Å². The maximum absolute atomic E-state index is 6.20. The van der Waals surface area contributed by atoms with Crippen molar-refractivity contribution in [2.24, 2.45) is 11.8 Å². The summed E-state index contributed by atoms with van der Waals surface area (Å²) in [4.78, 5) is 2.60. The summed E-state index contributed by atoms with van der Waals surface area (Å²) in [6.45, 7) is 18.1. The third-order valence-electron chi connectivity index (χ3n) is 3.66. The van der Waals surface area contributed by atoms with Crippen molar-refractivity contribution in [2.75, 3.05) is 26.2 Å². The van der Waals surface area contributed by atoms with E-state index in [0.717, 1.165) is 24.9 Å². The fraction of sp³-hybridized carbons (Fsp3) is 1.00. The molecule has 0 amide bonds. The first-order chi connectivity index (χ1) is 9.36. The summed E-state index contributed by atoms with van der Waals surface area (Å²) in [5, 5.41) is 3.49. The van der Waals surface area contributed by atoms with Gasteiger partial charge in [-0.05, 0) is 24.7 Å². The second kappa shape index (κ2) is 9.01. The molecule has 0 aromatic rings. The van der Waals surface area contributed by atoms with Gasteiger partial charge in [-0.3, -0.25) is 0 Å². The summed E-state index contributed by atoms with van der Waals surface area (Å²) >= 11 is 0. The molecule has 20 heavy (non-hydrogen) atoms. The lowest BCUT2D eigenvalue weighted by Crippen LogP contribution is -2.38. The van der Waals surface area contributed by atoms with Crippen molar-refractivity contribution in [1.29, 1.82) is 0 Å². The van der Waals surface area contributed by atoms with Crippen molar-refractivity contribution in [3.63, 3.8) is 0 Å². The van der Waals surface area contributed by atoms with Gasteiger partial charge >= 0.3 is 0 Å². The Morgan fingerprint density at radius 3 is 2.00 bits per heavy atom. The molecule has 1 N–H and O–H groups in total. The van der Waals surface area contributed by atoms with E-state index in [1.807, 2.05) is 0 Å². The van der Waals surface area contributed by atoms with E-state index < -0.39 is 0 Å². The number of ether oxygens (including phenoxy) is 1. The van der Waals surface area contributed by atoms with Crippen LogP contribution in [0.1, 0.15) is 54.4 Å². The SMILES string of the molecule is CC(C)CN(CC(C)C)CC1CCC(CNC(C)C)O1. The molecule has 120 valence electrons. The van der Waals surface area contributed by atoms with E-state index in [1.54, 1.807) is 0 Å². The summed E-state index contributed by atoms with van der Waals surface area (Å²) in [5.41, 5.74) is 0. The predicted molar refractivity (Wildman–Crippen MR) is 87.1 cm³/mol. The highest BCUT2D eigenvalue weighted by Crippen LogP contribution is 2.21. The van der Waals surface area contributed by atoms with Crippen molar-refractivity contribution < 1.29 is 4.74 Å². The van der Waals surface area contributed by atoms with Gasteiger partial charge in [-0.2, -0.15) is 0 Å². The van der Waals surface area contributed by atoms with Crippen LogP contribution in [0.3, 0.4) is 0 Å². The van der Waals surface area contributed by atoms with E-state index in [2.05, 4.69) is 51.8 Å². The second-order valence-corrected chi connectivity index (χ2v) is 7.53. The molecular weight excluding hydrogens is 248 g/mol. The molecule has 3 nitrogen and oxygen atoms in total. The predicted octanol–water partition coefficient (Wildman–Crippen LogP) is 3.15. The van der Waals surface area contributed by atoms with Crippen LogP contribution in [0.15, 0.2) is 0 Å². The summed E-state index contributed by atoms with van der Waals surface area (Å²) in [5.74, 6) is 1.46. The van der Waals surface area contributed by atoms with Crippen LogP contribution in [0.5, 0.6) is 0 Å². The summed E-state index contributed by atoms with van der Waals surface area (Å²) in [6.07, 6.45) is 3.28. The third-order valence-corrected chi connectivity index (χ3v) is 3.66. The largest absolute Gasteiger partial charge is 0.372 e. The van der Waals surface area contributed by atoms with Crippen LogP contribution in [0, 0.1) is 11.8 Å². The molecule has 0 spiro atoms.